The van der Waals surface area contributed by atoms with Crippen LogP contribution in [0.15, 0.2) is 18.2 Å². The largest absolute Gasteiger partial charge is 0.493 e. The lowest BCUT2D eigenvalue weighted by Crippen LogP contribution is -2.32. The maximum absolute atomic E-state index is 12.5. The molecule has 0 atom stereocenters. The fourth-order valence-electron chi connectivity index (χ4n) is 2.63. The summed E-state index contributed by atoms with van der Waals surface area (Å²) < 4.78 is 11.1. The first kappa shape index (κ1) is 19.6. The molecule has 0 aliphatic heterocycles. The summed E-state index contributed by atoms with van der Waals surface area (Å²) in [5.41, 5.74) is 0.814. The van der Waals surface area contributed by atoms with Crippen molar-refractivity contribution in [3.63, 3.8) is 0 Å². The van der Waals surface area contributed by atoms with E-state index in [4.69, 9.17) is 21.1 Å². The van der Waals surface area contributed by atoms with E-state index in [0.29, 0.717) is 22.4 Å². The molecule has 1 saturated carbocycles. The third kappa shape index (κ3) is 5.96. The Balaban J connectivity index is 2.13. The van der Waals surface area contributed by atoms with E-state index >= 15 is 0 Å². The molecule has 1 amide bonds. The van der Waals surface area contributed by atoms with Crippen molar-refractivity contribution in [3.05, 3.63) is 28.8 Å². The van der Waals surface area contributed by atoms with E-state index < -0.39 is 0 Å². The predicted octanol–water partition coefficient (Wildman–Crippen LogP) is 4.80. The second-order valence-electron chi connectivity index (χ2n) is 6.76. The van der Waals surface area contributed by atoms with Crippen molar-refractivity contribution < 1.29 is 14.3 Å². The molecule has 1 aromatic carbocycles. The van der Waals surface area contributed by atoms with E-state index in [1.807, 2.05) is 24.8 Å². The van der Waals surface area contributed by atoms with Crippen LogP contribution < -0.4 is 9.47 Å². The molecule has 4 nitrogen and oxygen atoms in total. The SMILES string of the molecule is CCCN(CC1CC1)C(=O)/C=C/c1cc(Cl)c(OC(C)C)c(OC)c1. The first-order valence-electron chi connectivity index (χ1n) is 8.95. The van der Waals surface area contributed by atoms with Crippen molar-refractivity contribution in [1.82, 2.24) is 4.90 Å². The van der Waals surface area contributed by atoms with Gasteiger partial charge in [-0.1, -0.05) is 18.5 Å². The summed E-state index contributed by atoms with van der Waals surface area (Å²) in [5.74, 6) is 1.83. The van der Waals surface area contributed by atoms with Gasteiger partial charge < -0.3 is 14.4 Å². The molecule has 2 rings (SSSR count). The van der Waals surface area contributed by atoms with Crippen molar-refractivity contribution in [2.75, 3.05) is 20.2 Å². The van der Waals surface area contributed by atoms with Crippen molar-refractivity contribution in [3.8, 4) is 11.5 Å². The number of halogens is 1. The molecule has 0 N–H and O–H groups in total. The van der Waals surface area contributed by atoms with Crippen LogP contribution >= 0.6 is 11.6 Å². The molecule has 0 heterocycles. The van der Waals surface area contributed by atoms with Gasteiger partial charge in [-0.3, -0.25) is 4.79 Å². The predicted molar refractivity (Wildman–Crippen MR) is 102 cm³/mol. The Bertz CT molecular complexity index is 624. The van der Waals surface area contributed by atoms with Crippen LogP contribution in [0.25, 0.3) is 6.08 Å². The van der Waals surface area contributed by atoms with E-state index in [0.717, 1.165) is 25.1 Å². The van der Waals surface area contributed by atoms with E-state index in [2.05, 4.69) is 6.92 Å². The molecule has 138 valence electrons. The Hall–Kier alpha value is -1.68. The molecule has 0 bridgehead atoms. The highest BCUT2D eigenvalue weighted by Crippen LogP contribution is 2.37. The number of hydrogen-bond donors (Lipinski definition) is 0. The summed E-state index contributed by atoms with van der Waals surface area (Å²) in [6.07, 6.45) is 6.84. The Kier molecular flexibility index (Phi) is 7.18. The van der Waals surface area contributed by atoms with Gasteiger partial charge in [-0.15, -0.1) is 0 Å². The normalized spacial score (nSPS) is 14.2. The monoisotopic (exact) mass is 365 g/mol. The quantitative estimate of drug-likeness (QED) is 0.590. The van der Waals surface area contributed by atoms with Crippen molar-refractivity contribution >= 4 is 23.6 Å². The second kappa shape index (κ2) is 9.14. The zero-order valence-electron chi connectivity index (χ0n) is 15.5. The van der Waals surface area contributed by atoms with Crippen molar-refractivity contribution in [2.24, 2.45) is 5.92 Å². The number of carbonyl (C=O) groups excluding carboxylic acids is 1. The minimum absolute atomic E-state index is 0.000559. The molecule has 0 aromatic heterocycles. The minimum Gasteiger partial charge on any atom is -0.493 e. The van der Waals surface area contributed by atoms with Gasteiger partial charge in [0, 0.05) is 19.2 Å². The molecule has 0 spiro atoms. The molecular formula is C20H28ClNO3. The number of hydrogen-bond acceptors (Lipinski definition) is 3. The van der Waals surface area contributed by atoms with E-state index in [1.165, 1.54) is 12.8 Å². The van der Waals surface area contributed by atoms with Crippen LogP contribution in [-0.2, 0) is 4.79 Å². The lowest BCUT2D eigenvalue weighted by Gasteiger charge is -2.20. The first-order valence-corrected chi connectivity index (χ1v) is 9.33. The Labute approximate surface area is 155 Å². The van der Waals surface area contributed by atoms with Crippen LogP contribution in [0.5, 0.6) is 11.5 Å². The molecule has 25 heavy (non-hydrogen) atoms. The first-order chi connectivity index (χ1) is 11.9. The molecule has 1 aliphatic carbocycles. The van der Waals surface area contributed by atoms with Crippen LogP contribution in [-0.4, -0.2) is 37.1 Å². The highest BCUT2D eigenvalue weighted by Gasteiger charge is 2.25. The van der Waals surface area contributed by atoms with Crippen LogP contribution in [0.3, 0.4) is 0 Å². The second-order valence-corrected chi connectivity index (χ2v) is 7.17. The number of ether oxygens (including phenoxy) is 2. The molecular weight excluding hydrogens is 338 g/mol. The summed E-state index contributed by atoms with van der Waals surface area (Å²) in [6.45, 7) is 7.62. The van der Waals surface area contributed by atoms with Crippen LogP contribution in [0.2, 0.25) is 5.02 Å². The van der Waals surface area contributed by atoms with Crippen molar-refractivity contribution in [1.29, 1.82) is 0 Å². The average Bonchev–Trinajstić information content (AvgIpc) is 3.38. The molecule has 5 heteroatoms. The van der Waals surface area contributed by atoms with E-state index in [-0.39, 0.29) is 12.0 Å². The maximum Gasteiger partial charge on any atom is 0.246 e. The van der Waals surface area contributed by atoms with Gasteiger partial charge >= 0.3 is 0 Å². The molecule has 1 aromatic rings. The summed E-state index contributed by atoms with van der Waals surface area (Å²) in [4.78, 5) is 14.4. The molecule has 0 unspecified atom stereocenters. The highest BCUT2D eigenvalue weighted by atomic mass is 35.5. The number of rotatable bonds is 9. The number of amides is 1. The Morgan fingerprint density at radius 2 is 2.12 bits per heavy atom. The zero-order chi connectivity index (χ0) is 18.4. The lowest BCUT2D eigenvalue weighted by molar-refractivity contribution is -0.126. The molecule has 0 radical (unpaired) electrons. The third-order valence-corrected chi connectivity index (χ3v) is 4.29. The van der Waals surface area contributed by atoms with Gasteiger partial charge in [-0.05, 0) is 62.8 Å². The minimum atomic E-state index is -0.000559. The molecule has 1 aliphatic rings. The topological polar surface area (TPSA) is 38.8 Å². The fraction of sp³-hybridized carbons (Fsp3) is 0.550. The summed E-state index contributed by atoms with van der Waals surface area (Å²) in [6, 6.07) is 3.62. The van der Waals surface area contributed by atoms with Gasteiger partial charge in [0.1, 0.15) is 0 Å². The lowest BCUT2D eigenvalue weighted by atomic mass is 10.1. The zero-order valence-corrected chi connectivity index (χ0v) is 16.3. The fourth-order valence-corrected chi connectivity index (χ4v) is 2.90. The summed E-state index contributed by atoms with van der Waals surface area (Å²) in [7, 11) is 1.58. The average molecular weight is 366 g/mol. The number of nitrogens with zero attached hydrogens (tertiary/aromatic N) is 1. The van der Waals surface area contributed by atoms with Gasteiger partial charge in [0.05, 0.1) is 18.2 Å². The van der Waals surface area contributed by atoms with Crippen LogP contribution in [0.4, 0.5) is 0 Å². The van der Waals surface area contributed by atoms with E-state index in [1.54, 1.807) is 25.3 Å². The number of methoxy groups -OCH3 is 1. The van der Waals surface area contributed by atoms with Gasteiger partial charge in [0.15, 0.2) is 11.5 Å². The molecule has 1 fully saturated rings. The third-order valence-electron chi connectivity index (χ3n) is 4.00. The maximum atomic E-state index is 12.5. The van der Waals surface area contributed by atoms with Crippen LogP contribution in [0.1, 0.15) is 45.6 Å². The van der Waals surface area contributed by atoms with E-state index in [9.17, 15) is 4.79 Å². The highest BCUT2D eigenvalue weighted by molar-refractivity contribution is 6.32. The Morgan fingerprint density at radius 1 is 1.40 bits per heavy atom. The molecule has 0 saturated heterocycles. The number of carbonyl (C=O) groups is 1. The van der Waals surface area contributed by atoms with Gasteiger partial charge in [0.2, 0.25) is 5.91 Å². The summed E-state index contributed by atoms with van der Waals surface area (Å²) >= 11 is 6.33. The standard InChI is InChI=1S/C20H28ClNO3/c1-5-10-22(13-15-6-7-15)19(23)9-8-16-11-17(21)20(25-14(2)3)18(12-16)24-4/h8-9,11-12,14-15H,5-7,10,13H2,1-4H3/b9-8+. The van der Waals surface area contributed by atoms with Crippen molar-refractivity contribution in [2.45, 2.75) is 46.1 Å². The summed E-state index contributed by atoms with van der Waals surface area (Å²) in [5, 5.41) is 0.476. The van der Waals surface area contributed by atoms with Gasteiger partial charge in [-0.25, -0.2) is 0 Å². The van der Waals surface area contributed by atoms with Gasteiger partial charge in [-0.2, -0.15) is 0 Å². The van der Waals surface area contributed by atoms with Crippen LogP contribution in [0, 0.1) is 5.92 Å². The Morgan fingerprint density at radius 3 is 2.68 bits per heavy atom. The van der Waals surface area contributed by atoms with Gasteiger partial charge in [0.25, 0.3) is 0 Å². The smallest absolute Gasteiger partial charge is 0.246 e. The number of benzene rings is 1.